The number of pyridine rings is 2. The largest absolute Gasteiger partial charge is 0.367 e. The van der Waals surface area contributed by atoms with Gasteiger partial charge in [0.15, 0.2) is 11.6 Å². The van der Waals surface area contributed by atoms with Crippen LogP contribution in [0.3, 0.4) is 0 Å². The van der Waals surface area contributed by atoms with Crippen molar-refractivity contribution in [3.63, 3.8) is 0 Å². The van der Waals surface area contributed by atoms with Crippen molar-refractivity contribution in [3.8, 4) is 11.3 Å². The summed E-state index contributed by atoms with van der Waals surface area (Å²) in [6, 6.07) is 6.39. The minimum Gasteiger partial charge on any atom is -0.367 e. The highest BCUT2D eigenvalue weighted by Crippen LogP contribution is 2.28. The number of halogens is 1. The van der Waals surface area contributed by atoms with E-state index in [-0.39, 0.29) is 29.3 Å². The monoisotopic (exact) mass is 409 g/mol. The highest BCUT2D eigenvalue weighted by Gasteiger charge is 2.24. The average Bonchev–Trinajstić information content (AvgIpc) is 3.27. The SMILES string of the molecule is NC(=O)c1cc(F)c(N[C@H]2CCCC[C@H]2N)nc1Nc1ccnc(-c2cc[nH]c2)c1. The Labute approximate surface area is 173 Å². The van der Waals surface area contributed by atoms with Gasteiger partial charge in [0.1, 0.15) is 5.82 Å². The van der Waals surface area contributed by atoms with Crippen LogP contribution in [0.2, 0.25) is 0 Å². The normalized spacial score (nSPS) is 18.7. The van der Waals surface area contributed by atoms with Crippen LogP contribution >= 0.6 is 0 Å². The topological polar surface area (TPSA) is 135 Å². The van der Waals surface area contributed by atoms with E-state index in [1.165, 1.54) is 0 Å². The van der Waals surface area contributed by atoms with E-state index in [4.69, 9.17) is 11.5 Å². The first kappa shape index (κ1) is 19.8. The predicted octanol–water partition coefficient (Wildman–Crippen LogP) is 3.14. The number of hydrogen-bond acceptors (Lipinski definition) is 6. The highest BCUT2D eigenvalue weighted by molar-refractivity contribution is 5.98. The summed E-state index contributed by atoms with van der Waals surface area (Å²) in [5.41, 5.74) is 13.9. The Hall–Kier alpha value is -3.46. The van der Waals surface area contributed by atoms with Crippen molar-refractivity contribution < 1.29 is 9.18 Å². The number of aromatic amines is 1. The van der Waals surface area contributed by atoms with Gasteiger partial charge in [0, 0.05) is 41.9 Å². The standard InChI is InChI=1S/C21H24FN7O/c22-15-10-14(19(24)30)20(29-21(15)28-17-4-2-1-3-16(17)23)27-13-6-8-26-18(9-13)12-5-7-25-11-12/h5-11,16-17,25H,1-4,23H2,(H2,24,30)(H2,26,27,28,29)/t16-,17+/m1/s1. The Morgan fingerprint density at radius 2 is 2.03 bits per heavy atom. The van der Waals surface area contributed by atoms with Gasteiger partial charge in [-0.25, -0.2) is 9.37 Å². The van der Waals surface area contributed by atoms with E-state index in [2.05, 4.69) is 25.6 Å². The van der Waals surface area contributed by atoms with E-state index in [9.17, 15) is 9.18 Å². The summed E-state index contributed by atoms with van der Waals surface area (Å²) >= 11 is 0. The second-order valence-electron chi connectivity index (χ2n) is 7.43. The van der Waals surface area contributed by atoms with Gasteiger partial charge in [-0.3, -0.25) is 9.78 Å². The molecule has 30 heavy (non-hydrogen) atoms. The van der Waals surface area contributed by atoms with Crippen LogP contribution < -0.4 is 22.1 Å². The first-order valence-corrected chi connectivity index (χ1v) is 9.90. The van der Waals surface area contributed by atoms with Gasteiger partial charge >= 0.3 is 0 Å². The molecule has 1 aliphatic rings. The van der Waals surface area contributed by atoms with Crippen LogP contribution in [0.15, 0.2) is 42.9 Å². The molecule has 0 spiro atoms. The number of aromatic nitrogens is 3. The molecule has 1 saturated carbocycles. The summed E-state index contributed by atoms with van der Waals surface area (Å²) in [5.74, 6) is -1.20. The molecule has 0 unspecified atom stereocenters. The molecule has 1 aliphatic carbocycles. The lowest BCUT2D eigenvalue weighted by molar-refractivity contribution is 0.100. The maximum Gasteiger partial charge on any atom is 0.252 e. The van der Waals surface area contributed by atoms with Crippen LogP contribution in [0.25, 0.3) is 11.3 Å². The van der Waals surface area contributed by atoms with Gasteiger partial charge < -0.3 is 27.1 Å². The number of H-pyrrole nitrogens is 1. The smallest absolute Gasteiger partial charge is 0.252 e. The number of nitrogens with one attached hydrogen (secondary N) is 3. The van der Waals surface area contributed by atoms with Crippen LogP contribution in [0.5, 0.6) is 0 Å². The molecular formula is C21H24FN7O. The third-order valence-electron chi connectivity index (χ3n) is 5.30. The Morgan fingerprint density at radius 3 is 2.77 bits per heavy atom. The predicted molar refractivity (Wildman–Crippen MR) is 114 cm³/mol. The third-order valence-corrected chi connectivity index (χ3v) is 5.30. The molecule has 0 saturated heterocycles. The average molecular weight is 409 g/mol. The molecule has 8 nitrogen and oxygen atoms in total. The van der Waals surface area contributed by atoms with Gasteiger partial charge in [-0.05, 0) is 37.1 Å². The first-order valence-electron chi connectivity index (χ1n) is 9.90. The number of nitrogens with two attached hydrogens (primary N) is 2. The van der Waals surface area contributed by atoms with Crippen molar-refractivity contribution in [1.82, 2.24) is 15.0 Å². The second-order valence-corrected chi connectivity index (χ2v) is 7.43. The minimum atomic E-state index is -0.773. The van der Waals surface area contributed by atoms with Crippen LogP contribution in [0.1, 0.15) is 36.0 Å². The van der Waals surface area contributed by atoms with Gasteiger partial charge in [0.05, 0.1) is 11.3 Å². The molecule has 4 rings (SSSR count). The lowest BCUT2D eigenvalue weighted by Crippen LogP contribution is -2.43. The molecule has 3 aromatic heterocycles. The fraction of sp³-hybridized carbons (Fsp3) is 0.286. The summed E-state index contributed by atoms with van der Waals surface area (Å²) in [5, 5.41) is 6.18. The zero-order valence-electron chi connectivity index (χ0n) is 16.4. The number of anilines is 3. The molecule has 2 atom stereocenters. The number of primary amides is 1. The van der Waals surface area contributed by atoms with Crippen LogP contribution in [-0.4, -0.2) is 32.9 Å². The van der Waals surface area contributed by atoms with Crippen LogP contribution in [0, 0.1) is 5.82 Å². The maximum atomic E-state index is 14.6. The van der Waals surface area contributed by atoms with Gasteiger partial charge in [0.2, 0.25) is 0 Å². The number of amides is 1. The number of carbonyl (C=O) groups is 1. The minimum absolute atomic E-state index is 0.0361. The zero-order valence-corrected chi connectivity index (χ0v) is 16.4. The summed E-state index contributed by atoms with van der Waals surface area (Å²) in [6.45, 7) is 0. The van der Waals surface area contributed by atoms with Crippen molar-refractivity contribution >= 4 is 23.2 Å². The summed E-state index contributed by atoms with van der Waals surface area (Å²) < 4.78 is 14.6. The van der Waals surface area contributed by atoms with Gasteiger partial charge in [-0.2, -0.15) is 0 Å². The molecular weight excluding hydrogens is 385 g/mol. The van der Waals surface area contributed by atoms with E-state index in [1.54, 1.807) is 18.5 Å². The van der Waals surface area contributed by atoms with Crippen molar-refractivity contribution in [2.75, 3.05) is 10.6 Å². The van der Waals surface area contributed by atoms with E-state index in [1.807, 2.05) is 18.3 Å². The molecule has 156 valence electrons. The number of hydrogen-bond donors (Lipinski definition) is 5. The summed E-state index contributed by atoms with van der Waals surface area (Å²) in [6.07, 6.45) is 9.07. The number of nitrogens with zero attached hydrogens (tertiary/aromatic N) is 2. The second kappa shape index (κ2) is 8.50. The molecule has 1 fully saturated rings. The molecule has 0 radical (unpaired) electrons. The molecule has 1 amide bonds. The van der Waals surface area contributed by atoms with Gasteiger partial charge in [-0.15, -0.1) is 0 Å². The van der Waals surface area contributed by atoms with E-state index < -0.39 is 11.7 Å². The Morgan fingerprint density at radius 1 is 1.20 bits per heavy atom. The molecule has 3 heterocycles. The van der Waals surface area contributed by atoms with E-state index >= 15 is 0 Å². The molecule has 3 aromatic rings. The van der Waals surface area contributed by atoms with Crippen LogP contribution in [-0.2, 0) is 0 Å². The summed E-state index contributed by atoms with van der Waals surface area (Å²) in [7, 11) is 0. The molecule has 0 aliphatic heterocycles. The Bertz CT molecular complexity index is 1040. The van der Waals surface area contributed by atoms with Crippen molar-refractivity contribution in [2.24, 2.45) is 11.5 Å². The summed E-state index contributed by atoms with van der Waals surface area (Å²) in [4.78, 5) is 23.5. The van der Waals surface area contributed by atoms with E-state index in [0.717, 1.165) is 43.0 Å². The lowest BCUT2D eigenvalue weighted by atomic mass is 9.91. The van der Waals surface area contributed by atoms with E-state index in [0.29, 0.717) is 5.69 Å². The molecule has 9 heteroatoms. The van der Waals surface area contributed by atoms with Crippen molar-refractivity contribution in [1.29, 1.82) is 0 Å². The Balaban J connectivity index is 1.64. The molecule has 0 aromatic carbocycles. The number of rotatable bonds is 6. The first-order chi connectivity index (χ1) is 14.5. The quantitative estimate of drug-likeness (QED) is 0.424. The number of carbonyl (C=O) groups excluding carboxylic acids is 1. The van der Waals surface area contributed by atoms with Gasteiger partial charge in [0.25, 0.3) is 5.91 Å². The fourth-order valence-electron chi connectivity index (χ4n) is 3.67. The molecule has 7 N–H and O–H groups in total. The molecule has 0 bridgehead atoms. The third kappa shape index (κ3) is 4.25. The highest BCUT2D eigenvalue weighted by atomic mass is 19.1. The lowest BCUT2D eigenvalue weighted by Gasteiger charge is -2.30. The van der Waals surface area contributed by atoms with Crippen molar-refractivity contribution in [2.45, 2.75) is 37.8 Å². The fourth-order valence-corrected chi connectivity index (χ4v) is 3.67. The Kier molecular flexibility index (Phi) is 5.62. The maximum absolute atomic E-state index is 14.6. The zero-order chi connectivity index (χ0) is 21.1. The van der Waals surface area contributed by atoms with Gasteiger partial charge in [-0.1, -0.05) is 12.8 Å². The van der Waals surface area contributed by atoms with Crippen molar-refractivity contribution in [3.05, 3.63) is 54.2 Å². The van der Waals surface area contributed by atoms with Crippen LogP contribution in [0.4, 0.5) is 21.7 Å².